The summed E-state index contributed by atoms with van der Waals surface area (Å²) in [6, 6.07) is 14.5. The number of amides is 2. The summed E-state index contributed by atoms with van der Waals surface area (Å²) in [7, 11) is 0. The lowest BCUT2D eigenvalue weighted by Gasteiger charge is -2.23. The van der Waals surface area contributed by atoms with Crippen LogP contribution >= 0.6 is 11.3 Å². The molecule has 1 aliphatic heterocycles. The van der Waals surface area contributed by atoms with Gasteiger partial charge in [0.2, 0.25) is 11.8 Å². The fourth-order valence-electron chi connectivity index (χ4n) is 4.07. The van der Waals surface area contributed by atoms with Gasteiger partial charge in [0.05, 0.1) is 5.92 Å². The molecule has 0 radical (unpaired) electrons. The number of likely N-dealkylation sites (N-methyl/N-ethyl adjacent to an activating group) is 1. The number of aryl methyl sites for hydroxylation is 1. The zero-order valence-corrected chi connectivity index (χ0v) is 18.6. The van der Waals surface area contributed by atoms with E-state index in [1.165, 1.54) is 10.4 Å². The number of hydrogen-bond acceptors (Lipinski definition) is 4. The van der Waals surface area contributed by atoms with E-state index < -0.39 is 0 Å². The standard InChI is InChI=1S/C24H28N4O2S/c1-2-26-14-15-27(23(29)10-13-28-12-4-11-25-28)18-21(24(26)30)17-19-6-8-20(9-7-19)22-5-3-16-31-22/h3-9,11-12,16,21H,2,10,13-15,17-18H2,1H3/t21-/m0/s1. The highest BCUT2D eigenvalue weighted by Crippen LogP contribution is 2.26. The average molecular weight is 437 g/mol. The van der Waals surface area contributed by atoms with Gasteiger partial charge in [-0.3, -0.25) is 14.3 Å². The Labute approximate surface area is 187 Å². The maximum absolute atomic E-state index is 13.1. The summed E-state index contributed by atoms with van der Waals surface area (Å²) in [4.78, 5) is 31.0. The zero-order valence-electron chi connectivity index (χ0n) is 17.8. The Morgan fingerprint density at radius 1 is 1.16 bits per heavy atom. The number of thiophene rings is 1. The van der Waals surface area contributed by atoms with Crippen LogP contribution in [-0.4, -0.2) is 57.6 Å². The number of rotatable bonds is 7. The first-order chi connectivity index (χ1) is 15.1. The van der Waals surface area contributed by atoms with Gasteiger partial charge in [-0.05, 0) is 42.0 Å². The van der Waals surface area contributed by atoms with E-state index in [9.17, 15) is 9.59 Å². The summed E-state index contributed by atoms with van der Waals surface area (Å²) in [6.45, 7) is 4.88. The summed E-state index contributed by atoms with van der Waals surface area (Å²) in [5.74, 6) is 0.00944. The molecule has 0 unspecified atom stereocenters. The van der Waals surface area contributed by atoms with Crippen LogP contribution in [0.15, 0.2) is 60.2 Å². The number of benzene rings is 1. The molecule has 0 bridgehead atoms. The van der Waals surface area contributed by atoms with Crippen molar-refractivity contribution in [3.8, 4) is 10.4 Å². The molecule has 162 valence electrons. The summed E-state index contributed by atoms with van der Waals surface area (Å²) in [5.41, 5.74) is 2.32. The smallest absolute Gasteiger partial charge is 0.227 e. The number of hydrogen-bond donors (Lipinski definition) is 0. The van der Waals surface area contributed by atoms with Crippen LogP contribution < -0.4 is 0 Å². The van der Waals surface area contributed by atoms with Crippen LogP contribution in [-0.2, 0) is 22.6 Å². The first-order valence-electron chi connectivity index (χ1n) is 10.8. The SMILES string of the molecule is CCN1CCN(C(=O)CCn2cccn2)C[C@H](Cc2ccc(-c3cccs3)cc2)C1=O. The Kier molecular flexibility index (Phi) is 6.82. The van der Waals surface area contributed by atoms with Crippen molar-refractivity contribution in [2.24, 2.45) is 5.92 Å². The summed E-state index contributed by atoms with van der Waals surface area (Å²) >= 11 is 1.72. The fraction of sp³-hybridized carbons (Fsp3) is 0.375. The second kappa shape index (κ2) is 9.92. The second-order valence-electron chi connectivity index (χ2n) is 7.85. The van der Waals surface area contributed by atoms with Crippen molar-refractivity contribution in [3.63, 3.8) is 0 Å². The van der Waals surface area contributed by atoms with Crippen molar-refractivity contribution in [2.75, 3.05) is 26.2 Å². The van der Waals surface area contributed by atoms with E-state index in [1.807, 2.05) is 29.0 Å². The summed E-state index contributed by atoms with van der Waals surface area (Å²) < 4.78 is 1.77. The molecule has 1 aliphatic rings. The topological polar surface area (TPSA) is 58.4 Å². The number of carbonyl (C=O) groups excluding carboxylic acids is 2. The number of nitrogens with zero attached hydrogens (tertiary/aromatic N) is 4. The molecule has 1 fully saturated rings. The molecule has 0 N–H and O–H groups in total. The van der Waals surface area contributed by atoms with Crippen molar-refractivity contribution < 1.29 is 9.59 Å². The Hall–Kier alpha value is -2.93. The minimum atomic E-state index is -0.219. The van der Waals surface area contributed by atoms with Crippen LogP contribution in [0.4, 0.5) is 0 Å². The quantitative estimate of drug-likeness (QED) is 0.569. The van der Waals surface area contributed by atoms with E-state index >= 15 is 0 Å². The predicted molar refractivity (Wildman–Crippen MR) is 123 cm³/mol. The van der Waals surface area contributed by atoms with Crippen molar-refractivity contribution >= 4 is 23.2 Å². The van der Waals surface area contributed by atoms with E-state index in [4.69, 9.17) is 0 Å². The van der Waals surface area contributed by atoms with E-state index in [-0.39, 0.29) is 17.7 Å². The first-order valence-corrected chi connectivity index (χ1v) is 11.7. The van der Waals surface area contributed by atoms with Gasteiger partial charge in [0.1, 0.15) is 0 Å². The lowest BCUT2D eigenvalue weighted by atomic mass is 9.96. The molecular formula is C24H28N4O2S. The third kappa shape index (κ3) is 5.22. The fourth-order valence-corrected chi connectivity index (χ4v) is 4.80. The predicted octanol–water partition coefficient (Wildman–Crippen LogP) is 3.55. The van der Waals surface area contributed by atoms with Crippen LogP contribution in [0.1, 0.15) is 18.9 Å². The third-order valence-corrected chi connectivity index (χ3v) is 6.75. The van der Waals surface area contributed by atoms with E-state index in [1.54, 1.807) is 22.2 Å². The number of carbonyl (C=O) groups is 2. The molecule has 2 aromatic heterocycles. The minimum absolute atomic E-state index is 0.0827. The number of aromatic nitrogens is 2. The van der Waals surface area contributed by atoms with Crippen LogP contribution in [0, 0.1) is 5.92 Å². The largest absolute Gasteiger partial charge is 0.341 e. The first kappa shape index (κ1) is 21.3. The maximum atomic E-state index is 13.1. The van der Waals surface area contributed by atoms with Gasteiger partial charge in [-0.25, -0.2) is 0 Å². The van der Waals surface area contributed by atoms with Gasteiger partial charge in [-0.2, -0.15) is 5.10 Å². The van der Waals surface area contributed by atoms with Crippen LogP contribution in [0.5, 0.6) is 0 Å². The van der Waals surface area contributed by atoms with Gasteiger partial charge in [-0.15, -0.1) is 11.3 Å². The van der Waals surface area contributed by atoms with Crippen LogP contribution in [0.2, 0.25) is 0 Å². The monoisotopic (exact) mass is 436 g/mol. The molecule has 1 aromatic carbocycles. The molecule has 0 saturated carbocycles. The molecule has 6 nitrogen and oxygen atoms in total. The normalized spacial score (nSPS) is 17.1. The molecular weight excluding hydrogens is 408 g/mol. The van der Waals surface area contributed by atoms with E-state index in [0.29, 0.717) is 45.6 Å². The molecule has 0 spiro atoms. The molecule has 2 amide bonds. The lowest BCUT2D eigenvalue weighted by Crippen LogP contribution is -2.38. The van der Waals surface area contributed by atoms with Gasteiger partial charge in [0, 0.05) is 56.4 Å². The van der Waals surface area contributed by atoms with Gasteiger partial charge in [0.25, 0.3) is 0 Å². The molecule has 4 rings (SSSR count). The Morgan fingerprint density at radius 3 is 2.68 bits per heavy atom. The van der Waals surface area contributed by atoms with E-state index in [2.05, 4.69) is 46.9 Å². The molecule has 3 aromatic rings. The molecule has 1 saturated heterocycles. The van der Waals surface area contributed by atoms with Gasteiger partial charge >= 0.3 is 0 Å². The minimum Gasteiger partial charge on any atom is -0.341 e. The highest BCUT2D eigenvalue weighted by molar-refractivity contribution is 7.13. The maximum Gasteiger partial charge on any atom is 0.227 e. The Balaban J connectivity index is 1.44. The molecule has 31 heavy (non-hydrogen) atoms. The van der Waals surface area contributed by atoms with Crippen LogP contribution in [0.3, 0.4) is 0 Å². The van der Waals surface area contributed by atoms with Crippen molar-refractivity contribution in [2.45, 2.75) is 26.3 Å². The summed E-state index contributed by atoms with van der Waals surface area (Å²) in [6.07, 6.45) is 4.61. The van der Waals surface area contributed by atoms with Crippen molar-refractivity contribution in [3.05, 3.63) is 65.8 Å². The molecule has 1 atom stereocenters. The van der Waals surface area contributed by atoms with E-state index in [0.717, 1.165) is 5.56 Å². The molecule has 3 heterocycles. The van der Waals surface area contributed by atoms with Gasteiger partial charge in [-0.1, -0.05) is 30.3 Å². The second-order valence-corrected chi connectivity index (χ2v) is 8.80. The zero-order chi connectivity index (χ0) is 21.6. The Morgan fingerprint density at radius 2 is 2.00 bits per heavy atom. The van der Waals surface area contributed by atoms with Gasteiger partial charge in [0.15, 0.2) is 0 Å². The summed E-state index contributed by atoms with van der Waals surface area (Å²) in [5, 5.41) is 6.24. The van der Waals surface area contributed by atoms with Crippen molar-refractivity contribution in [1.82, 2.24) is 19.6 Å². The molecule has 0 aliphatic carbocycles. The third-order valence-electron chi connectivity index (χ3n) is 5.83. The highest BCUT2D eigenvalue weighted by Gasteiger charge is 2.31. The van der Waals surface area contributed by atoms with Crippen LogP contribution in [0.25, 0.3) is 10.4 Å². The average Bonchev–Trinajstić information content (AvgIpc) is 3.48. The highest BCUT2D eigenvalue weighted by atomic mass is 32.1. The molecule has 7 heteroatoms. The van der Waals surface area contributed by atoms with Gasteiger partial charge < -0.3 is 9.80 Å². The van der Waals surface area contributed by atoms with Crippen molar-refractivity contribution in [1.29, 1.82) is 0 Å². The lowest BCUT2D eigenvalue weighted by molar-refractivity contribution is -0.134. The Bertz CT molecular complexity index is 983.